The van der Waals surface area contributed by atoms with Crippen molar-refractivity contribution in [2.45, 2.75) is 51.7 Å². The van der Waals surface area contributed by atoms with E-state index in [0.717, 1.165) is 12.0 Å². The topological polar surface area (TPSA) is 77.8 Å². The van der Waals surface area contributed by atoms with Gasteiger partial charge in [-0.1, -0.05) is 0 Å². The zero-order valence-corrected chi connectivity index (χ0v) is 16.0. The Labute approximate surface area is 152 Å². The molecule has 0 atom stereocenters. The van der Waals surface area contributed by atoms with Crippen molar-refractivity contribution in [1.82, 2.24) is 9.47 Å². The van der Waals surface area contributed by atoms with E-state index in [2.05, 4.69) is 0 Å². The molecule has 0 N–H and O–H groups in total. The first kappa shape index (κ1) is 18.5. The fraction of sp³-hybridized carbons (Fsp3) is 0.632. The lowest BCUT2D eigenvalue weighted by Gasteiger charge is -2.43. The monoisotopic (exact) mass is 362 g/mol. The Morgan fingerprint density at radius 1 is 1.31 bits per heavy atom. The van der Waals surface area contributed by atoms with Crippen molar-refractivity contribution in [2.24, 2.45) is 12.5 Å². The van der Waals surface area contributed by atoms with Crippen molar-refractivity contribution in [3.63, 3.8) is 0 Å². The zero-order chi connectivity index (χ0) is 19.3. The fourth-order valence-corrected chi connectivity index (χ4v) is 3.96. The number of hydrogen-bond donors (Lipinski definition) is 0. The van der Waals surface area contributed by atoms with Crippen LogP contribution in [0.4, 0.5) is 4.79 Å². The molecular formula is C19H26N2O5. The van der Waals surface area contributed by atoms with E-state index < -0.39 is 17.2 Å². The lowest BCUT2D eigenvalue weighted by molar-refractivity contribution is -0.121. The molecule has 142 valence electrons. The highest BCUT2D eigenvalue weighted by Crippen LogP contribution is 2.58. The Kier molecular flexibility index (Phi) is 4.16. The minimum Gasteiger partial charge on any atom is -0.493 e. The molecule has 7 nitrogen and oxygen atoms in total. The van der Waals surface area contributed by atoms with Gasteiger partial charge in [-0.05, 0) is 46.6 Å². The second kappa shape index (κ2) is 5.86. The van der Waals surface area contributed by atoms with Gasteiger partial charge in [0.25, 0.3) is 5.56 Å². The molecule has 2 bridgehead atoms. The number of aromatic nitrogens is 1. The summed E-state index contributed by atoms with van der Waals surface area (Å²) in [4.78, 5) is 37.5. The zero-order valence-electron chi connectivity index (χ0n) is 16.0. The Morgan fingerprint density at radius 3 is 2.50 bits per heavy atom. The largest absolute Gasteiger partial charge is 0.493 e. The average Bonchev–Trinajstić information content (AvgIpc) is 3.00. The van der Waals surface area contributed by atoms with Crippen LogP contribution in [-0.2, 0) is 16.6 Å². The summed E-state index contributed by atoms with van der Waals surface area (Å²) in [6.45, 7) is 8.02. The Balaban J connectivity index is 1.71. The minimum absolute atomic E-state index is 0.129. The summed E-state index contributed by atoms with van der Waals surface area (Å²) in [5, 5.41) is 0. The second-order valence-corrected chi connectivity index (χ2v) is 8.66. The molecule has 2 aliphatic heterocycles. The van der Waals surface area contributed by atoms with Crippen LogP contribution in [-0.4, -0.2) is 46.1 Å². The van der Waals surface area contributed by atoms with E-state index in [1.165, 1.54) is 11.0 Å². The molecule has 0 spiro atoms. The number of pyridine rings is 1. The molecule has 0 radical (unpaired) electrons. The number of hydrogen-bond acceptors (Lipinski definition) is 5. The molecule has 2 saturated heterocycles. The standard InChI is InChI=1S/C19H26N2O5/c1-13-6-14(7-15(23)20(13)5)25-12-18-8-19(9-18,11-22)21(10-18)16(24)26-17(2,3)4/h6-7,11H,8-10,12H2,1-5H3. The summed E-state index contributed by atoms with van der Waals surface area (Å²) in [7, 11) is 1.71. The lowest BCUT2D eigenvalue weighted by atomic mass is 9.63. The maximum atomic E-state index is 12.5. The van der Waals surface area contributed by atoms with Gasteiger partial charge in [0.15, 0.2) is 0 Å². The molecule has 7 heteroatoms. The number of ether oxygens (including phenoxy) is 2. The third-order valence-corrected chi connectivity index (χ3v) is 5.25. The fourth-order valence-electron chi connectivity index (χ4n) is 3.96. The van der Waals surface area contributed by atoms with Crippen LogP contribution in [0, 0.1) is 12.3 Å². The Hall–Kier alpha value is -2.31. The van der Waals surface area contributed by atoms with Gasteiger partial charge in [0.05, 0.1) is 6.61 Å². The molecule has 0 unspecified atom stereocenters. The number of aldehydes is 1. The number of rotatable bonds is 4. The van der Waals surface area contributed by atoms with Crippen molar-refractivity contribution in [2.75, 3.05) is 13.2 Å². The summed E-state index contributed by atoms with van der Waals surface area (Å²) >= 11 is 0. The Morgan fingerprint density at radius 2 is 1.96 bits per heavy atom. The molecule has 26 heavy (non-hydrogen) atoms. The van der Waals surface area contributed by atoms with Crippen LogP contribution in [0.25, 0.3) is 0 Å². The van der Waals surface area contributed by atoms with Crippen LogP contribution in [0.15, 0.2) is 16.9 Å². The molecule has 0 aromatic carbocycles. The molecule has 3 heterocycles. The molecule has 1 saturated carbocycles. The van der Waals surface area contributed by atoms with Crippen molar-refractivity contribution in [3.05, 3.63) is 28.2 Å². The number of nitrogens with zero attached hydrogens (tertiary/aromatic N) is 2. The highest BCUT2D eigenvalue weighted by Gasteiger charge is 2.68. The second-order valence-electron chi connectivity index (χ2n) is 8.66. The number of fused-ring (bicyclic) bond motifs is 1. The van der Waals surface area contributed by atoms with Crippen LogP contribution in [0.2, 0.25) is 0 Å². The Bertz CT molecular complexity index is 799. The lowest BCUT2D eigenvalue weighted by Crippen LogP contribution is -2.54. The molecule has 1 aromatic rings. The van der Waals surface area contributed by atoms with Crippen molar-refractivity contribution in [3.8, 4) is 5.75 Å². The minimum atomic E-state index is -0.783. The van der Waals surface area contributed by atoms with Crippen LogP contribution in [0.3, 0.4) is 0 Å². The van der Waals surface area contributed by atoms with Gasteiger partial charge in [-0.15, -0.1) is 0 Å². The van der Waals surface area contributed by atoms with E-state index in [-0.39, 0.29) is 11.0 Å². The van der Waals surface area contributed by atoms with Crippen LogP contribution < -0.4 is 10.3 Å². The first-order chi connectivity index (χ1) is 12.0. The van der Waals surface area contributed by atoms with E-state index in [1.54, 1.807) is 32.4 Å². The van der Waals surface area contributed by atoms with Crippen molar-refractivity contribution in [1.29, 1.82) is 0 Å². The van der Waals surface area contributed by atoms with E-state index in [0.29, 0.717) is 31.7 Å². The summed E-state index contributed by atoms with van der Waals surface area (Å²) in [6.07, 6.45) is 1.51. The van der Waals surface area contributed by atoms with Gasteiger partial charge < -0.3 is 18.8 Å². The van der Waals surface area contributed by atoms with Gasteiger partial charge in [0.1, 0.15) is 23.2 Å². The molecule has 1 aliphatic carbocycles. The molecule has 3 aliphatic rings. The van der Waals surface area contributed by atoms with Crippen LogP contribution in [0.1, 0.15) is 39.3 Å². The van der Waals surface area contributed by atoms with Gasteiger partial charge in [0, 0.05) is 30.8 Å². The first-order valence-corrected chi connectivity index (χ1v) is 8.77. The van der Waals surface area contributed by atoms with Gasteiger partial charge in [-0.3, -0.25) is 9.69 Å². The van der Waals surface area contributed by atoms with Gasteiger partial charge in [-0.2, -0.15) is 0 Å². The molecule has 3 fully saturated rings. The summed E-state index contributed by atoms with van der Waals surface area (Å²) in [6, 6.07) is 3.26. The quantitative estimate of drug-likeness (QED) is 0.766. The molecule has 1 aromatic heterocycles. The van der Waals surface area contributed by atoms with Gasteiger partial charge >= 0.3 is 6.09 Å². The molecule has 1 amide bonds. The predicted octanol–water partition coefficient (Wildman–Crippen LogP) is 2.04. The number of carbonyl (C=O) groups is 2. The van der Waals surface area contributed by atoms with Crippen molar-refractivity contribution < 1.29 is 19.1 Å². The first-order valence-electron chi connectivity index (χ1n) is 8.77. The smallest absolute Gasteiger partial charge is 0.411 e. The summed E-state index contributed by atoms with van der Waals surface area (Å²) < 4.78 is 12.8. The highest BCUT2D eigenvalue weighted by atomic mass is 16.6. The SMILES string of the molecule is Cc1cc(OCC23CN(C(=O)OC(C)(C)C)C(C=O)(C2)C3)cc(=O)n1C. The number of aryl methyl sites for hydroxylation is 1. The third-order valence-electron chi connectivity index (χ3n) is 5.25. The molecular weight excluding hydrogens is 336 g/mol. The maximum absolute atomic E-state index is 12.5. The molecule has 4 rings (SSSR count). The van der Waals surface area contributed by atoms with E-state index in [9.17, 15) is 14.4 Å². The predicted molar refractivity (Wildman–Crippen MR) is 95.3 cm³/mol. The van der Waals surface area contributed by atoms with Gasteiger partial charge in [-0.25, -0.2) is 4.79 Å². The van der Waals surface area contributed by atoms with Gasteiger partial charge in [0.2, 0.25) is 0 Å². The summed E-state index contributed by atoms with van der Waals surface area (Å²) in [5.74, 6) is 0.513. The van der Waals surface area contributed by atoms with E-state index >= 15 is 0 Å². The highest BCUT2D eigenvalue weighted by molar-refractivity contribution is 5.80. The number of carbonyl (C=O) groups excluding carboxylic acids is 2. The maximum Gasteiger partial charge on any atom is 0.411 e. The van der Waals surface area contributed by atoms with Crippen LogP contribution in [0.5, 0.6) is 5.75 Å². The van der Waals surface area contributed by atoms with Crippen molar-refractivity contribution >= 4 is 12.4 Å². The van der Waals surface area contributed by atoms with E-state index in [4.69, 9.17) is 9.47 Å². The summed E-state index contributed by atoms with van der Waals surface area (Å²) in [5.41, 5.74) is -0.988. The van der Waals surface area contributed by atoms with E-state index in [1.807, 2.05) is 13.0 Å². The third kappa shape index (κ3) is 3.10. The number of amides is 1. The average molecular weight is 362 g/mol. The normalized spacial score (nSPS) is 27.0. The van der Waals surface area contributed by atoms with Crippen LogP contribution >= 0.6 is 0 Å².